The Morgan fingerprint density at radius 1 is 0.467 bits per heavy atom. The van der Waals surface area contributed by atoms with Crippen molar-refractivity contribution < 1.29 is 17.1 Å². The molecule has 0 atom stereocenters. The summed E-state index contributed by atoms with van der Waals surface area (Å²) in [7, 11) is 0.892. The van der Waals surface area contributed by atoms with Gasteiger partial charge in [0.1, 0.15) is 0 Å². The van der Waals surface area contributed by atoms with Gasteiger partial charge >= 0.3 is 0 Å². The molecular formula is C12H30FeP2. The maximum absolute atomic E-state index is 2.29. The first-order valence-electron chi connectivity index (χ1n) is 6.14. The minimum Gasteiger partial charge on any atom is -0.108 e. The Hall–Kier alpha value is 1.38. The van der Waals surface area contributed by atoms with Crippen LogP contribution in [-0.4, -0.2) is 37.0 Å². The fourth-order valence-electron chi connectivity index (χ4n) is 1.34. The molecule has 0 aromatic rings. The van der Waals surface area contributed by atoms with Gasteiger partial charge in [0, 0.05) is 17.1 Å². The van der Waals surface area contributed by atoms with Gasteiger partial charge in [-0.25, -0.2) is 0 Å². The Balaban J connectivity index is -0.000000180. The molecule has 0 aliphatic carbocycles. The minimum atomic E-state index is 0. The second-order valence-electron chi connectivity index (χ2n) is 3.24. The minimum absolute atomic E-state index is 0. The summed E-state index contributed by atoms with van der Waals surface area (Å²) >= 11 is 0. The predicted octanol–water partition coefficient (Wildman–Crippen LogP) is 5.05. The van der Waals surface area contributed by atoms with Gasteiger partial charge in [-0.05, 0) is 37.0 Å². The standard InChI is InChI=1S/2C6H15P.Fe/c2*1-4-7(5-2)6-3;/h2*4-6H2,1-3H3;. The zero-order valence-electron chi connectivity index (χ0n) is 11.5. The summed E-state index contributed by atoms with van der Waals surface area (Å²) in [4.78, 5) is 0. The second kappa shape index (κ2) is 17.8. The molecule has 0 fully saturated rings. The normalized spacial score (nSPS) is 9.60. The Morgan fingerprint density at radius 3 is 0.600 bits per heavy atom. The van der Waals surface area contributed by atoms with E-state index in [1.165, 1.54) is 37.0 Å². The molecule has 0 aromatic heterocycles. The van der Waals surface area contributed by atoms with Crippen molar-refractivity contribution >= 4 is 15.8 Å². The van der Waals surface area contributed by atoms with Gasteiger partial charge in [-0.1, -0.05) is 41.5 Å². The van der Waals surface area contributed by atoms with Crippen molar-refractivity contribution in [1.29, 1.82) is 0 Å². The zero-order valence-corrected chi connectivity index (χ0v) is 14.4. The number of rotatable bonds is 6. The van der Waals surface area contributed by atoms with Crippen LogP contribution in [0.4, 0.5) is 0 Å². The fraction of sp³-hybridized carbons (Fsp3) is 1.00. The van der Waals surface area contributed by atoms with Gasteiger partial charge in [-0.2, -0.15) is 0 Å². The van der Waals surface area contributed by atoms with Gasteiger partial charge in [0.2, 0.25) is 0 Å². The molecule has 15 heavy (non-hydrogen) atoms. The average Bonchev–Trinajstić information content (AvgIpc) is 2.24. The first-order valence-corrected chi connectivity index (χ1v) is 9.93. The molecule has 0 unspecified atom stereocenters. The van der Waals surface area contributed by atoms with Crippen molar-refractivity contribution in [1.82, 2.24) is 0 Å². The van der Waals surface area contributed by atoms with Crippen LogP contribution < -0.4 is 0 Å². The number of hydrogen-bond acceptors (Lipinski definition) is 0. The Bertz CT molecular complexity index is 68.6. The molecule has 0 N–H and O–H groups in total. The quantitative estimate of drug-likeness (QED) is 0.474. The van der Waals surface area contributed by atoms with E-state index in [1.54, 1.807) is 0 Å². The predicted molar refractivity (Wildman–Crippen MR) is 77.1 cm³/mol. The summed E-state index contributed by atoms with van der Waals surface area (Å²) in [5, 5.41) is 0. The Kier molecular flexibility index (Phi) is 25.6. The van der Waals surface area contributed by atoms with Gasteiger partial charge in [0.05, 0.1) is 0 Å². The van der Waals surface area contributed by atoms with Crippen molar-refractivity contribution in [2.24, 2.45) is 0 Å². The van der Waals surface area contributed by atoms with Gasteiger partial charge in [0.15, 0.2) is 0 Å². The van der Waals surface area contributed by atoms with E-state index >= 15 is 0 Å². The molecular weight excluding hydrogens is 262 g/mol. The van der Waals surface area contributed by atoms with E-state index in [0.29, 0.717) is 15.8 Å². The molecule has 0 amide bonds. The number of hydrogen-bond donors (Lipinski definition) is 0. The topological polar surface area (TPSA) is 0 Å². The monoisotopic (exact) mass is 292 g/mol. The maximum atomic E-state index is 2.29. The SMILES string of the molecule is CCP(CC)CC.CCP(CC)CC.[Fe]. The average molecular weight is 292 g/mol. The third-order valence-electron chi connectivity index (χ3n) is 2.68. The van der Waals surface area contributed by atoms with Gasteiger partial charge < -0.3 is 0 Å². The smallest absolute Gasteiger partial charge is 0 e. The van der Waals surface area contributed by atoms with Crippen LogP contribution >= 0.6 is 15.8 Å². The maximum Gasteiger partial charge on any atom is 0 e. The van der Waals surface area contributed by atoms with Crippen LogP contribution in [0.15, 0.2) is 0 Å². The largest absolute Gasteiger partial charge is 0.108 e. The molecule has 0 saturated heterocycles. The summed E-state index contributed by atoms with van der Waals surface area (Å²) in [5.41, 5.74) is 0. The molecule has 0 aliphatic heterocycles. The Labute approximate surface area is 111 Å². The van der Waals surface area contributed by atoms with Crippen LogP contribution in [0.1, 0.15) is 41.5 Å². The molecule has 0 heterocycles. The molecule has 0 spiro atoms. The third kappa shape index (κ3) is 15.4. The van der Waals surface area contributed by atoms with E-state index in [1.807, 2.05) is 0 Å². The molecule has 0 rings (SSSR count). The van der Waals surface area contributed by atoms with E-state index in [-0.39, 0.29) is 17.1 Å². The van der Waals surface area contributed by atoms with E-state index < -0.39 is 0 Å². The van der Waals surface area contributed by atoms with Crippen LogP contribution in [-0.2, 0) is 17.1 Å². The second-order valence-corrected chi connectivity index (χ2v) is 9.72. The summed E-state index contributed by atoms with van der Waals surface area (Å²) < 4.78 is 0. The first-order chi connectivity index (χ1) is 6.69. The van der Waals surface area contributed by atoms with Crippen LogP contribution in [0.2, 0.25) is 0 Å². The molecule has 0 aromatic carbocycles. The summed E-state index contributed by atoms with van der Waals surface area (Å²) in [6.07, 6.45) is 8.51. The molecule has 3 heteroatoms. The summed E-state index contributed by atoms with van der Waals surface area (Å²) in [6.45, 7) is 13.7. The zero-order chi connectivity index (χ0) is 11.4. The van der Waals surface area contributed by atoms with E-state index in [4.69, 9.17) is 0 Å². The third-order valence-corrected chi connectivity index (χ3v) is 8.05. The van der Waals surface area contributed by atoms with Crippen LogP contribution in [0.3, 0.4) is 0 Å². The van der Waals surface area contributed by atoms with Crippen LogP contribution in [0.5, 0.6) is 0 Å². The van der Waals surface area contributed by atoms with Crippen LogP contribution in [0, 0.1) is 0 Å². The summed E-state index contributed by atoms with van der Waals surface area (Å²) in [6, 6.07) is 0. The van der Waals surface area contributed by atoms with E-state index in [9.17, 15) is 0 Å². The molecule has 0 nitrogen and oxygen atoms in total. The molecule has 96 valence electrons. The fourth-order valence-corrected chi connectivity index (χ4v) is 4.02. The molecule has 0 aliphatic rings. The molecule has 0 bridgehead atoms. The van der Waals surface area contributed by atoms with Gasteiger partial charge in [-0.15, -0.1) is 15.8 Å². The van der Waals surface area contributed by atoms with E-state index in [0.717, 1.165) is 0 Å². The van der Waals surface area contributed by atoms with Crippen molar-refractivity contribution in [3.8, 4) is 0 Å². The Morgan fingerprint density at radius 2 is 0.600 bits per heavy atom. The van der Waals surface area contributed by atoms with Gasteiger partial charge in [-0.3, -0.25) is 0 Å². The van der Waals surface area contributed by atoms with Crippen molar-refractivity contribution in [3.05, 3.63) is 0 Å². The van der Waals surface area contributed by atoms with Crippen molar-refractivity contribution in [2.45, 2.75) is 41.5 Å². The molecule has 0 radical (unpaired) electrons. The van der Waals surface area contributed by atoms with E-state index in [2.05, 4.69) is 41.5 Å². The van der Waals surface area contributed by atoms with Gasteiger partial charge in [0.25, 0.3) is 0 Å². The summed E-state index contributed by atoms with van der Waals surface area (Å²) in [5.74, 6) is 0. The first kappa shape index (κ1) is 21.6. The molecule has 0 saturated carbocycles. The van der Waals surface area contributed by atoms with Crippen molar-refractivity contribution in [3.63, 3.8) is 0 Å². The van der Waals surface area contributed by atoms with Crippen molar-refractivity contribution in [2.75, 3.05) is 37.0 Å². The van der Waals surface area contributed by atoms with Crippen LogP contribution in [0.25, 0.3) is 0 Å².